The van der Waals surface area contributed by atoms with Crippen LogP contribution in [0, 0.1) is 0 Å². The van der Waals surface area contributed by atoms with E-state index in [-0.39, 0.29) is 43.3 Å². The van der Waals surface area contributed by atoms with E-state index in [9.17, 15) is 24.9 Å². The van der Waals surface area contributed by atoms with Crippen LogP contribution in [0.15, 0.2) is 72.8 Å². The fourth-order valence-corrected chi connectivity index (χ4v) is 4.76. The molecule has 0 saturated carbocycles. The Bertz CT molecular complexity index is 1300. The minimum Gasteiger partial charge on any atom is -0.508 e. The fourth-order valence-electron chi connectivity index (χ4n) is 4.76. The lowest BCUT2D eigenvalue weighted by Gasteiger charge is -2.38. The van der Waals surface area contributed by atoms with Crippen LogP contribution in [-0.4, -0.2) is 63.4 Å². The number of benzene rings is 3. The molecule has 3 aromatic rings. The molecule has 1 aliphatic rings. The van der Waals surface area contributed by atoms with Crippen molar-refractivity contribution in [3.63, 3.8) is 0 Å². The molecule has 1 amide bonds. The minimum atomic E-state index is -1.03. The number of nitrogens with zero attached hydrogens (tertiary/aromatic N) is 1. The number of carbonyl (C=O) groups is 2. The van der Waals surface area contributed by atoms with Gasteiger partial charge in [0.2, 0.25) is 5.91 Å². The molecule has 1 fully saturated rings. The molecule has 1 aliphatic heterocycles. The van der Waals surface area contributed by atoms with Gasteiger partial charge in [-0.05, 0) is 48.0 Å². The number of carbonyl (C=O) groups excluding carboxylic acids is 1. The van der Waals surface area contributed by atoms with E-state index in [4.69, 9.17) is 14.6 Å². The predicted octanol–water partition coefficient (Wildman–Crippen LogP) is 3.90. The maximum absolute atomic E-state index is 12.0. The van der Waals surface area contributed by atoms with Gasteiger partial charge in [-0.2, -0.15) is 0 Å². The minimum absolute atomic E-state index is 0.0499. The number of phenolic OH excluding ortho intramolecular Hbond substituents is 1. The van der Waals surface area contributed by atoms with E-state index in [2.05, 4.69) is 5.32 Å². The number of hydrogen-bond donors (Lipinski definition) is 5. The molecule has 0 spiro atoms. The van der Waals surface area contributed by atoms with E-state index in [1.54, 1.807) is 48.5 Å². The Morgan fingerprint density at radius 2 is 1.71 bits per heavy atom. The van der Waals surface area contributed by atoms with Crippen molar-refractivity contribution >= 4 is 17.6 Å². The summed E-state index contributed by atoms with van der Waals surface area (Å²) in [7, 11) is 1.90. The van der Waals surface area contributed by atoms with Gasteiger partial charge < -0.3 is 40.1 Å². The third-order valence-electron chi connectivity index (χ3n) is 6.90. The number of anilines is 1. The van der Waals surface area contributed by atoms with E-state index >= 15 is 0 Å². The lowest BCUT2D eigenvalue weighted by atomic mass is 9.99. The van der Waals surface area contributed by atoms with Gasteiger partial charge in [0, 0.05) is 37.2 Å². The maximum Gasteiger partial charge on any atom is 0.303 e. The second kappa shape index (κ2) is 14.2. The normalized spacial score (nSPS) is 19.6. The number of phenols is 1. The number of carboxylic acid groups (broad SMARTS) is 1. The van der Waals surface area contributed by atoms with Gasteiger partial charge >= 0.3 is 5.97 Å². The Balaban J connectivity index is 1.46. The SMILES string of the molecule is CN(CC1CC(c2ccc(CO)cc2)OC(c2ccc(NC(=O)CCC(=O)O)cc2)O1)CC(O)c1cccc(O)c1. The van der Waals surface area contributed by atoms with Gasteiger partial charge in [-0.1, -0.05) is 48.5 Å². The number of nitrogens with one attached hydrogen (secondary N) is 1. The average Bonchev–Trinajstić information content (AvgIpc) is 2.96. The highest BCUT2D eigenvalue weighted by molar-refractivity contribution is 5.92. The van der Waals surface area contributed by atoms with E-state index < -0.39 is 18.4 Å². The van der Waals surface area contributed by atoms with E-state index in [0.717, 1.165) is 16.7 Å². The summed E-state index contributed by atoms with van der Waals surface area (Å²) >= 11 is 0. The number of carboxylic acids is 1. The first-order valence-electron chi connectivity index (χ1n) is 13.5. The number of rotatable bonds is 12. The molecule has 0 radical (unpaired) electrons. The van der Waals surface area contributed by atoms with Crippen molar-refractivity contribution in [2.45, 2.75) is 50.5 Å². The van der Waals surface area contributed by atoms with Crippen molar-refractivity contribution in [1.29, 1.82) is 0 Å². The molecule has 4 atom stereocenters. The van der Waals surface area contributed by atoms with Gasteiger partial charge in [-0.15, -0.1) is 0 Å². The van der Waals surface area contributed by atoms with Crippen LogP contribution in [0.4, 0.5) is 5.69 Å². The van der Waals surface area contributed by atoms with E-state index in [1.165, 1.54) is 0 Å². The van der Waals surface area contributed by atoms with Crippen LogP contribution in [-0.2, 0) is 25.7 Å². The molecule has 0 aliphatic carbocycles. The lowest BCUT2D eigenvalue weighted by molar-refractivity contribution is -0.252. The second-order valence-corrected chi connectivity index (χ2v) is 10.2. The van der Waals surface area contributed by atoms with Crippen LogP contribution >= 0.6 is 0 Å². The molecular weight excluding hydrogens is 528 g/mol. The molecule has 218 valence electrons. The Hall–Kier alpha value is -3.80. The topological polar surface area (TPSA) is 149 Å². The van der Waals surface area contributed by atoms with Gasteiger partial charge in [-0.3, -0.25) is 9.59 Å². The number of aliphatic hydroxyl groups excluding tert-OH is 2. The zero-order chi connectivity index (χ0) is 29.4. The van der Waals surface area contributed by atoms with Crippen molar-refractivity contribution in [3.8, 4) is 5.75 Å². The van der Waals surface area contributed by atoms with E-state index in [1.807, 2.05) is 36.2 Å². The maximum atomic E-state index is 12.0. The summed E-state index contributed by atoms with van der Waals surface area (Å²) in [4.78, 5) is 24.7. The van der Waals surface area contributed by atoms with Crippen LogP contribution in [0.1, 0.15) is 60.0 Å². The van der Waals surface area contributed by atoms with E-state index in [0.29, 0.717) is 30.8 Å². The molecule has 10 nitrogen and oxygen atoms in total. The average molecular weight is 565 g/mol. The molecule has 4 unspecified atom stereocenters. The third-order valence-corrected chi connectivity index (χ3v) is 6.90. The second-order valence-electron chi connectivity index (χ2n) is 10.2. The summed E-state index contributed by atoms with van der Waals surface area (Å²) < 4.78 is 12.7. The molecule has 0 bridgehead atoms. The summed E-state index contributed by atoms with van der Waals surface area (Å²) in [6.07, 6.45) is -1.80. The van der Waals surface area contributed by atoms with Gasteiger partial charge in [0.1, 0.15) is 5.75 Å². The fraction of sp³-hybridized carbons (Fsp3) is 0.355. The van der Waals surface area contributed by atoms with Gasteiger partial charge in [-0.25, -0.2) is 0 Å². The molecule has 3 aromatic carbocycles. The highest BCUT2D eigenvalue weighted by Gasteiger charge is 2.33. The Labute approximate surface area is 238 Å². The van der Waals surface area contributed by atoms with Crippen molar-refractivity contribution in [2.75, 3.05) is 25.5 Å². The van der Waals surface area contributed by atoms with Crippen molar-refractivity contribution in [1.82, 2.24) is 4.90 Å². The third kappa shape index (κ3) is 8.84. The first-order chi connectivity index (χ1) is 19.7. The smallest absolute Gasteiger partial charge is 0.303 e. The zero-order valence-electron chi connectivity index (χ0n) is 22.8. The monoisotopic (exact) mass is 564 g/mol. The first kappa shape index (κ1) is 30.2. The number of ether oxygens (including phenoxy) is 2. The number of amides is 1. The van der Waals surface area contributed by atoms with Crippen LogP contribution in [0.5, 0.6) is 5.75 Å². The van der Waals surface area contributed by atoms with Crippen LogP contribution in [0.3, 0.4) is 0 Å². The predicted molar refractivity (Wildman–Crippen MR) is 151 cm³/mol. The summed E-state index contributed by atoms with van der Waals surface area (Å²) in [5.74, 6) is -1.31. The number of likely N-dealkylation sites (N-methyl/N-ethyl adjacent to an activating group) is 1. The number of aliphatic hydroxyl groups is 2. The molecule has 1 heterocycles. The van der Waals surface area contributed by atoms with Crippen LogP contribution in [0.2, 0.25) is 0 Å². The molecule has 41 heavy (non-hydrogen) atoms. The lowest BCUT2D eigenvalue weighted by Crippen LogP contribution is -2.39. The summed E-state index contributed by atoms with van der Waals surface area (Å²) in [6, 6.07) is 21.2. The van der Waals surface area contributed by atoms with Crippen LogP contribution < -0.4 is 5.32 Å². The quantitative estimate of drug-likeness (QED) is 0.221. The van der Waals surface area contributed by atoms with Gasteiger partial charge in [0.25, 0.3) is 0 Å². The number of aliphatic carboxylic acids is 1. The molecule has 1 saturated heterocycles. The summed E-state index contributed by atoms with van der Waals surface area (Å²) in [6.45, 7) is 0.797. The Morgan fingerprint density at radius 1 is 1.00 bits per heavy atom. The zero-order valence-corrected chi connectivity index (χ0v) is 22.8. The Kier molecular flexibility index (Phi) is 10.4. The molecule has 4 rings (SSSR count). The van der Waals surface area contributed by atoms with Crippen LogP contribution in [0.25, 0.3) is 0 Å². The highest BCUT2D eigenvalue weighted by atomic mass is 16.7. The van der Waals surface area contributed by atoms with Crippen molar-refractivity contribution in [2.24, 2.45) is 0 Å². The first-order valence-corrected chi connectivity index (χ1v) is 13.5. The standard InChI is InChI=1S/C31H36N2O8/c1-33(18-27(36)23-3-2-4-25(35)15-23)17-26-16-28(21-7-5-20(19-34)6-8-21)41-31(40-26)22-9-11-24(12-10-22)32-29(37)13-14-30(38)39/h2-12,15,26-28,31,34-36H,13-14,16-19H2,1H3,(H,32,37)(H,38,39). The molecular formula is C31H36N2O8. The summed E-state index contributed by atoms with van der Waals surface area (Å²) in [5.41, 5.74) is 3.66. The highest BCUT2D eigenvalue weighted by Crippen LogP contribution is 2.38. The Morgan fingerprint density at radius 3 is 2.37 bits per heavy atom. The summed E-state index contributed by atoms with van der Waals surface area (Å²) in [5, 5.41) is 41.4. The van der Waals surface area contributed by atoms with Gasteiger partial charge in [0.05, 0.1) is 31.3 Å². The molecule has 0 aromatic heterocycles. The van der Waals surface area contributed by atoms with Crippen molar-refractivity contribution in [3.05, 3.63) is 95.1 Å². The van der Waals surface area contributed by atoms with Gasteiger partial charge in [0.15, 0.2) is 6.29 Å². The molecule has 10 heteroatoms. The van der Waals surface area contributed by atoms with Crippen molar-refractivity contribution < 1.29 is 39.5 Å². The molecule has 5 N–H and O–H groups in total. The number of hydrogen-bond acceptors (Lipinski definition) is 8. The number of aromatic hydroxyl groups is 1. The largest absolute Gasteiger partial charge is 0.508 e.